The van der Waals surface area contributed by atoms with Gasteiger partial charge in [-0.05, 0) is 64.7 Å². The van der Waals surface area contributed by atoms with Crippen molar-refractivity contribution >= 4 is 11.7 Å². The summed E-state index contributed by atoms with van der Waals surface area (Å²) in [6.45, 7) is 11.9. The lowest BCUT2D eigenvalue weighted by Gasteiger charge is -2.22. The Kier molecular flexibility index (Phi) is 23.5. The molecule has 0 fully saturated rings. The second kappa shape index (κ2) is 23.5. The minimum atomic E-state index is -0.332. The van der Waals surface area contributed by atoms with E-state index >= 15 is 0 Å². The third-order valence-corrected chi connectivity index (χ3v) is 4.48. The molecule has 0 aromatic rings. The lowest BCUT2D eigenvalue weighted by Crippen LogP contribution is -2.39. The molecular formula is C29H49NO2. The molecule has 182 valence electrons. The van der Waals surface area contributed by atoms with Crippen molar-refractivity contribution in [3.05, 3.63) is 60.8 Å². The number of likely N-dealkylation sites (N-methyl/N-ethyl adjacent to an activating group) is 1. The Morgan fingerprint density at radius 2 is 1.09 bits per heavy atom. The molecule has 0 heterocycles. The zero-order valence-electron chi connectivity index (χ0n) is 21.8. The molecule has 32 heavy (non-hydrogen) atoms. The van der Waals surface area contributed by atoms with Gasteiger partial charge in [-0.1, -0.05) is 88.5 Å². The molecular weight excluding hydrogens is 394 g/mol. The van der Waals surface area contributed by atoms with Gasteiger partial charge in [0.05, 0.1) is 6.04 Å². The summed E-state index contributed by atoms with van der Waals surface area (Å²) in [6.07, 6.45) is 29.0. The fourth-order valence-corrected chi connectivity index (χ4v) is 2.40. The van der Waals surface area contributed by atoms with Crippen molar-refractivity contribution in [2.24, 2.45) is 5.92 Å². The number of nitrogens with zero attached hydrogens (tertiary/aromatic N) is 1. The second-order valence-corrected chi connectivity index (χ2v) is 8.62. The predicted molar refractivity (Wildman–Crippen MR) is 142 cm³/mol. The summed E-state index contributed by atoms with van der Waals surface area (Å²) in [6, 6.07) is -0.332. The van der Waals surface area contributed by atoms with Gasteiger partial charge in [0, 0.05) is 13.5 Å². The van der Waals surface area contributed by atoms with Crippen LogP contribution in [-0.4, -0.2) is 29.7 Å². The largest absolute Gasteiger partial charge is 0.336 e. The summed E-state index contributed by atoms with van der Waals surface area (Å²) in [5, 5.41) is 0. The first-order valence-corrected chi connectivity index (χ1v) is 12.2. The number of amides is 1. The second-order valence-electron chi connectivity index (χ2n) is 8.62. The van der Waals surface area contributed by atoms with Gasteiger partial charge in [0.25, 0.3) is 0 Å². The quantitative estimate of drug-likeness (QED) is 0.190. The van der Waals surface area contributed by atoms with Gasteiger partial charge in [0.1, 0.15) is 0 Å². The van der Waals surface area contributed by atoms with Gasteiger partial charge < -0.3 is 4.90 Å². The van der Waals surface area contributed by atoms with Crippen LogP contribution in [0.3, 0.4) is 0 Å². The van der Waals surface area contributed by atoms with E-state index in [4.69, 9.17) is 0 Å². The maximum Gasteiger partial charge on any atom is 0.222 e. The van der Waals surface area contributed by atoms with Gasteiger partial charge in [-0.2, -0.15) is 0 Å². The van der Waals surface area contributed by atoms with Crippen LogP contribution in [0.1, 0.15) is 92.9 Å². The first-order valence-electron chi connectivity index (χ1n) is 12.2. The van der Waals surface area contributed by atoms with Crippen LogP contribution in [0.2, 0.25) is 0 Å². The number of ketones is 1. The zero-order valence-corrected chi connectivity index (χ0v) is 21.8. The number of carbonyl (C=O) groups is 2. The van der Waals surface area contributed by atoms with E-state index < -0.39 is 0 Å². The fourth-order valence-electron chi connectivity index (χ4n) is 2.40. The standard InChI is InChI=1S/C25H39NO2.C4H10/c1-5-6-7-8-9-10-11-12-13-14-15-16-17-18-19-20-21-22-25(28)26(4)23(2)24(3)27;1-4(2)3/h6-7,9-10,12-13,15-16,18-19,23H,5,8,11,14,17,20-22H2,1-4H3;4H,1-3H3/b7-6-,10-9-,13-12-,16-15-,19-18-;. The molecule has 1 atom stereocenters. The Bertz CT molecular complexity index is 606. The van der Waals surface area contributed by atoms with Crippen LogP contribution in [0.15, 0.2) is 60.8 Å². The van der Waals surface area contributed by atoms with Crippen LogP contribution in [0.5, 0.6) is 0 Å². The van der Waals surface area contributed by atoms with E-state index in [1.807, 2.05) is 0 Å². The highest BCUT2D eigenvalue weighted by Gasteiger charge is 2.18. The van der Waals surface area contributed by atoms with Gasteiger partial charge in [0.2, 0.25) is 5.91 Å². The fraction of sp³-hybridized carbons (Fsp3) is 0.586. The Morgan fingerprint density at radius 3 is 1.47 bits per heavy atom. The summed E-state index contributed by atoms with van der Waals surface area (Å²) in [4.78, 5) is 24.8. The molecule has 1 unspecified atom stereocenters. The van der Waals surface area contributed by atoms with E-state index in [9.17, 15) is 9.59 Å². The number of hydrogen-bond acceptors (Lipinski definition) is 2. The number of Topliss-reactive ketones (excluding diaryl/α,β-unsaturated/α-hetero) is 1. The van der Waals surface area contributed by atoms with Gasteiger partial charge >= 0.3 is 0 Å². The van der Waals surface area contributed by atoms with Crippen LogP contribution >= 0.6 is 0 Å². The molecule has 0 aliphatic carbocycles. The van der Waals surface area contributed by atoms with Crippen molar-refractivity contribution in [3.63, 3.8) is 0 Å². The molecule has 0 saturated heterocycles. The maximum atomic E-state index is 12.0. The van der Waals surface area contributed by atoms with E-state index in [0.29, 0.717) is 6.42 Å². The van der Waals surface area contributed by atoms with E-state index in [0.717, 1.165) is 50.9 Å². The van der Waals surface area contributed by atoms with Crippen molar-refractivity contribution in [1.82, 2.24) is 4.90 Å². The third-order valence-electron chi connectivity index (χ3n) is 4.48. The van der Waals surface area contributed by atoms with E-state index in [2.05, 4.69) is 88.5 Å². The molecule has 0 radical (unpaired) electrons. The number of rotatable bonds is 15. The number of allylic oxidation sites excluding steroid dienone is 10. The van der Waals surface area contributed by atoms with Crippen molar-refractivity contribution in [2.45, 2.75) is 99.0 Å². The van der Waals surface area contributed by atoms with Gasteiger partial charge in [-0.25, -0.2) is 0 Å². The summed E-state index contributed by atoms with van der Waals surface area (Å²) in [5.41, 5.74) is 0. The minimum Gasteiger partial charge on any atom is -0.336 e. The van der Waals surface area contributed by atoms with E-state index in [1.54, 1.807) is 18.9 Å². The van der Waals surface area contributed by atoms with Crippen molar-refractivity contribution in [2.75, 3.05) is 7.05 Å². The minimum absolute atomic E-state index is 0.0219. The van der Waals surface area contributed by atoms with E-state index in [-0.39, 0.29) is 17.7 Å². The van der Waals surface area contributed by atoms with Crippen LogP contribution in [0.4, 0.5) is 0 Å². The first kappa shape index (κ1) is 32.0. The predicted octanol–water partition coefficient (Wildman–Crippen LogP) is 8.01. The topological polar surface area (TPSA) is 37.4 Å². The smallest absolute Gasteiger partial charge is 0.222 e. The van der Waals surface area contributed by atoms with Crippen LogP contribution in [-0.2, 0) is 9.59 Å². The van der Waals surface area contributed by atoms with Crippen LogP contribution in [0, 0.1) is 5.92 Å². The number of carbonyl (C=O) groups excluding carboxylic acids is 2. The Hall–Kier alpha value is -2.16. The average Bonchev–Trinajstić information content (AvgIpc) is 2.74. The van der Waals surface area contributed by atoms with E-state index in [1.165, 1.54) is 6.92 Å². The average molecular weight is 444 g/mol. The zero-order chi connectivity index (χ0) is 24.6. The van der Waals surface area contributed by atoms with Crippen molar-refractivity contribution in [1.29, 1.82) is 0 Å². The Balaban J connectivity index is 0. The van der Waals surface area contributed by atoms with Crippen molar-refractivity contribution in [3.8, 4) is 0 Å². The van der Waals surface area contributed by atoms with Crippen molar-refractivity contribution < 1.29 is 9.59 Å². The first-order chi connectivity index (χ1) is 15.2. The third kappa shape index (κ3) is 24.1. The normalized spacial score (nSPS) is 13.0. The monoisotopic (exact) mass is 443 g/mol. The highest BCUT2D eigenvalue weighted by molar-refractivity contribution is 5.86. The molecule has 3 nitrogen and oxygen atoms in total. The number of unbranched alkanes of at least 4 members (excludes halogenated alkanes) is 1. The Morgan fingerprint density at radius 1 is 0.719 bits per heavy atom. The number of hydrogen-bond donors (Lipinski definition) is 0. The van der Waals surface area contributed by atoms with Gasteiger partial charge in [-0.15, -0.1) is 0 Å². The molecule has 0 spiro atoms. The molecule has 0 aromatic carbocycles. The molecule has 0 N–H and O–H groups in total. The maximum absolute atomic E-state index is 12.0. The highest BCUT2D eigenvalue weighted by Crippen LogP contribution is 2.05. The lowest BCUT2D eigenvalue weighted by molar-refractivity contribution is -0.136. The van der Waals surface area contributed by atoms with Crippen LogP contribution < -0.4 is 0 Å². The molecule has 3 heteroatoms. The molecule has 0 aliphatic rings. The molecule has 0 saturated carbocycles. The molecule has 0 aliphatic heterocycles. The molecule has 1 amide bonds. The summed E-state index contributed by atoms with van der Waals surface area (Å²) in [7, 11) is 1.70. The SMILES string of the molecule is CC(C)C.CC/C=C\C/C=C\C/C=C\C/C=C\C/C=C\CCCC(=O)N(C)C(C)C(C)=O. The summed E-state index contributed by atoms with van der Waals surface area (Å²) >= 11 is 0. The highest BCUT2D eigenvalue weighted by atomic mass is 16.2. The molecule has 0 rings (SSSR count). The van der Waals surface area contributed by atoms with Crippen LogP contribution in [0.25, 0.3) is 0 Å². The molecule has 0 bridgehead atoms. The van der Waals surface area contributed by atoms with Gasteiger partial charge in [-0.3, -0.25) is 9.59 Å². The lowest BCUT2D eigenvalue weighted by atomic mass is 10.1. The summed E-state index contributed by atoms with van der Waals surface area (Å²) in [5.74, 6) is 0.892. The summed E-state index contributed by atoms with van der Waals surface area (Å²) < 4.78 is 0. The van der Waals surface area contributed by atoms with Gasteiger partial charge in [0.15, 0.2) is 5.78 Å². The molecule has 0 aromatic heterocycles. The Labute approximate surface area is 199 Å².